The van der Waals surface area contributed by atoms with E-state index in [2.05, 4.69) is 5.32 Å². The Bertz CT molecular complexity index is 788. The summed E-state index contributed by atoms with van der Waals surface area (Å²) in [5, 5.41) is 2.76. The lowest BCUT2D eigenvalue weighted by Gasteiger charge is -2.14. The molecule has 1 atom stereocenters. The quantitative estimate of drug-likeness (QED) is 0.648. The Kier molecular flexibility index (Phi) is 3.64. The number of hydrogen-bond acceptors (Lipinski definition) is 4. The average molecular weight is 315 g/mol. The van der Waals surface area contributed by atoms with E-state index >= 15 is 0 Å². The second-order valence-electron chi connectivity index (χ2n) is 4.82. The van der Waals surface area contributed by atoms with Crippen molar-refractivity contribution in [3.8, 4) is 0 Å². The summed E-state index contributed by atoms with van der Waals surface area (Å²) < 4.78 is 17.5. The van der Waals surface area contributed by atoms with Crippen molar-refractivity contribution < 1.29 is 18.9 Å². The van der Waals surface area contributed by atoms with Gasteiger partial charge < -0.3 is 14.6 Å². The fourth-order valence-corrected chi connectivity index (χ4v) is 3.82. The molecule has 1 heterocycles. The summed E-state index contributed by atoms with van der Waals surface area (Å²) in [6, 6.07) is 9.92. The van der Waals surface area contributed by atoms with Gasteiger partial charge in [0.05, 0.1) is 18.2 Å². The van der Waals surface area contributed by atoms with E-state index in [1.165, 1.54) is 7.11 Å². The molecule has 0 aliphatic carbocycles. The smallest absolute Gasteiger partial charge is 0.338 e. The number of carbonyl (C=O) groups is 2. The molecule has 22 heavy (non-hydrogen) atoms. The van der Waals surface area contributed by atoms with Crippen LogP contribution >= 0.6 is 0 Å². The molecule has 1 unspecified atom stereocenters. The zero-order valence-corrected chi connectivity index (χ0v) is 12.8. The second-order valence-corrected chi connectivity index (χ2v) is 6.24. The van der Waals surface area contributed by atoms with Crippen LogP contribution in [-0.2, 0) is 15.9 Å². The summed E-state index contributed by atoms with van der Waals surface area (Å²) in [7, 11) is 1.29. The molecular formula is C16H13NO4S. The Morgan fingerprint density at radius 1 is 1.18 bits per heavy atom. The zero-order valence-electron chi connectivity index (χ0n) is 12.0. The topological polar surface area (TPSA) is 78.5 Å². The first-order chi connectivity index (χ1) is 10.5. The minimum atomic E-state index is -1.50. The van der Waals surface area contributed by atoms with Gasteiger partial charge in [0, 0.05) is 11.2 Å². The molecule has 3 rings (SSSR count). The van der Waals surface area contributed by atoms with Crippen LogP contribution in [0.1, 0.15) is 26.3 Å². The van der Waals surface area contributed by atoms with Crippen molar-refractivity contribution in [2.75, 3.05) is 12.4 Å². The summed E-state index contributed by atoms with van der Waals surface area (Å²) in [4.78, 5) is 25.1. The largest absolute Gasteiger partial charge is 0.606 e. The molecule has 0 aromatic heterocycles. The molecule has 1 aliphatic rings. The molecule has 0 saturated carbocycles. The maximum atomic E-state index is 12.8. The highest BCUT2D eigenvalue weighted by Gasteiger charge is 2.32. The van der Waals surface area contributed by atoms with E-state index < -0.39 is 17.1 Å². The Balaban J connectivity index is 2.22. The Morgan fingerprint density at radius 3 is 2.64 bits per heavy atom. The number of esters is 1. The van der Waals surface area contributed by atoms with Crippen molar-refractivity contribution in [3.63, 3.8) is 0 Å². The normalized spacial score (nSPS) is 16.1. The van der Waals surface area contributed by atoms with Gasteiger partial charge in [-0.25, -0.2) is 4.79 Å². The van der Waals surface area contributed by atoms with Gasteiger partial charge in [-0.1, -0.05) is 12.1 Å². The summed E-state index contributed by atoms with van der Waals surface area (Å²) in [6.45, 7) is 1.69. The van der Waals surface area contributed by atoms with E-state index in [1.807, 2.05) is 0 Å². The van der Waals surface area contributed by atoms with Crippen LogP contribution in [0.5, 0.6) is 0 Å². The van der Waals surface area contributed by atoms with Crippen LogP contribution in [0.2, 0.25) is 0 Å². The van der Waals surface area contributed by atoms with Gasteiger partial charge in [0.15, 0.2) is 9.79 Å². The van der Waals surface area contributed by atoms with E-state index in [9.17, 15) is 14.1 Å². The molecule has 1 N–H and O–H groups in total. The molecule has 0 fully saturated rings. The molecule has 0 saturated heterocycles. The minimum absolute atomic E-state index is 0.338. The van der Waals surface area contributed by atoms with Gasteiger partial charge in [0.1, 0.15) is 5.69 Å². The van der Waals surface area contributed by atoms with E-state index in [-0.39, 0.29) is 5.91 Å². The third-order valence-electron chi connectivity index (χ3n) is 3.60. The molecule has 6 heteroatoms. The van der Waals surface area contributed by atoms with Crippen molar-refractivity contribution in [2.45, 2.75) is 16.7 Å². The molecule has 2 aromatic rings. The number of amides is 1. The lowest BCUT2D eigenvalue weighted by Crippen LogP contribution is -2.14. The van der Waals surface area contributed by atoms with Gasteiger partial charge >= 0.3 is 5.97 Å². The molecule has 0 radical (unpaired) electrons. The van der Waals surface area contributed by atoms with Crippen molar-refractivity contribution in [2.24, 2.45) is 0 Å². The summed E-state index contributed by atoms with van der Waals surface area (Å²) in [5.74, 6) is -0.838. The zero-order chi connectivity index (χ0) is 15.9. The van der Waals surface area contributed by atoms with Crippen LogP contribution in [0.4, 0.5) is 5.69 Å². The van der Waals surface area contributed by atoms with Crippen LogP contribution in [-0.4, -0.2) is 23.5 Å². The van der Waals surface area contributed by atoms with E-state index in [4.69, 9.17) is 4.74 Å². The van der Waals surface area contributed by atoms with Gasteiger partial charge in [-0.15, -0.1) is 0 Å². The highest BCUT2D eigenvalue weighted by molar-refractivity contribution is 7.91. The van der Waals surface area contributed by atoms with E-state index in [0.29, 0.717) is 32.2 Å². The number of rotatable bonds is 1. The van der Waals surface area contributed by atoms with Crippen molar-refractivity contribution in [1.82, 2.24) is 0 Å². The maximum absolute atomic E-state index is 12.8. The number of methoxy groups -OCH3 is 1. The standard InChI is InChI=1S/C16H13NO4S/c1-9-10(16(19)21-2)7-8-13-14(9)17-15(18)11-5-3-4-6-12(11)22(13)20/h3-8H,1-2H3,(H,17,18). The van der Waals surface area contributed by atoms with Crippen molar-refractivity contribution >= 4 is 28.7 Å². The number of nitrogens with one attached hydrogen (secondary N) is 1. The molecule has 1 amide bonds. The van der Waals surface area contributed by atoms with Gasteiger partial charge in [-0.3, -0.25) is 4.79 Å². The van der Waals surface area contributed by atoms with Crippen molar-refractivity contribution in [1.29, 1.82) is 0 Å². The Hall–Kier alpha value is -2.31. The van der Waals surface area contributed by atoms with E-state index in [1.54, 1.807) is 43.3 Å². The van der Waals surface area contributed by atoms with Crippen LogP contribution < -0.4 is 5.32 Å². The molecule has 112 valence electrons. The summed E-state index contributed by atoms with van der Waals surface area (Å²) in [6.07, 6.45) is 0. The van der Waals surface area contributed by atoms with Gasteiger partial charge in [-0.05, 0) is 36.8 Å². The minimum Gasteiger partial charge on any atom is -0.606 e. The van der Waals surface area contributed by atoms with Crippen molar-refractivity contribution in [3.05, 3.63) is 53.1 Å². The van der Waals surface area contributed by atoms with Gasteiger partial charge in [0.2, 0.25) is 0 Å². The van der Waals surface area contributed by atoms with Gasteiger partial charge in [-0.2, -0.15) is 0 Å². The Morgan fingerprint density at radius 2 is 1.91 bits per heavy atom. The van der Waals surface area contributed by atoms with Crippen LogP contribution in [0.3, 0.4) is 0 Å². The summed E-state index contributed by atoms with van der Waals surface area (Å²) >= 11 is -1.50. The number of hydrogen-bond donors (Lipinski definition) is 1. The number of anilines is 1. The molecular weight excluding hydrogens is 302 g/mol. The predicted molar refractivity (Wildman–Crippen MR) is 81.6 cm³/mol. The monoisotopic (exact) mass is 315 g/mol. The van der Waals surface area contributed by atoms with Crippen LogP contribution in [0.25, 0.3) is 0 Å². The molecule has 0 bridgehead atoms. The Labute approximate surface area is 130 Å². The van der Waals surface area contributed by atoms with Crippen LogP contribution in [0, 0.1) is 6.92 Å². The fraction of sp³-hybridized carbons (Fsp3) is 0.125. The molecule has 5 nitrogen and oxygen atoms in total. The molecule has 0 spiro atoms. The second kappa shape index (κ2) is 5.47. The highest BCUT2D eigenvalue weighted by Crippen LogP contribution is 2.36. The number of fused-ring (bicyclic) bond motifs is 2. The first kappa shape index (κ1) is 14.6. The SMILES string of the molecule is COC(=O)c1ccc2c(c1C)NC(=O)c1ccccc1[S+]2[O-]. The lowest BCUT2D eigenvalue weighted by atomic mass is 10.1. The third-order valence-corrected chi connectivity index (χ3v) is 5.10. The molecule has 2 aromatic carbocycles. The average Bonchev–Trinajstić information content (AvgIpc) is 2.65. The maximum Gasteiger partial charge on any atom is 0.338 e. The molecule has 1 aliphatic heterocycles. The predicted octanol–water partition coefficient (Wildman–Crippen LogP) is 2.51. The fourth-order valence-electron chi connectivity index (χ4n) is 2.44. The first-order valence-electron chi connectivity index (χ1n) is 6.58. The summed E-state index contributed by atoms with van der Waals surface area (Å²) in [5.41, 5.74) is 1.65. The van der Waals surface area contributed by atoms with Crippen LogP contribution in [0.15, 0.2) is 46.2 Å². The number of benzene rings is 2. The highest BCUT2D eigenvalue weighted by atomic mass is 32.2. The number of carbonyl (C=O) groups excluding carboxylic acids is 2. The third kappa shape index (κ3) is 2.17. The lowest BCUT2D eigenvalue weighted by molar-refractivity contribution is 0.0599. The van der Waals surface area contributed by atoms with E-state index in [0.717, 1.165) is 0 Å². The number of ether oxygens (including phenoxy) is 1. The first-order valence-corrected chi connectivity index (χ1v) is 7.73. The van der Waals surface area contributed by atoms with Gasteiger partial charge in [0.25, 0.3) is 5.91 Å².